The summed E-state index contributed by atoms with van der Waals surface area (Å²) < 4.78 is 32.0. The number of anilines is 1. The summed E-state index contributed by atoms with van der Waals surface area (Å²) in [7, 11) is -0.853. The lowest BCUT2D eigenvalue weighted by molar-refractivity contribution is -0.114. The number of sulfonamides is 1. The minimum atomic E-state index is -3.77. The quantitative estimate of drug-likeness (QED) is 0.832. The molecule has 0 atom stereocenters. The molecule has 2 rings (SSSR count). The van der Waals surface area contributed by atoms with Crippen LogP contribution in [0, 0.1) is 0 Å². The first kappa shape index (κ1) is 19.2. The highest BCUT2D eigenvalue weighted by molar-refractivity contribution is 7.89. The Balaban J connectivity index is 2.35. The number of hydrogen-bond donors (Lipinski definition) is 1. The molecule has 0 fully saturated rings. The second kappa shape index (κ2) is 7.86. The van der Waals surface area contributed by atoms with Gasteiger partial charge in [-0.05, 0) is 29.8 Å². The summed E-state index contributed by atoms with van der Waals surface area (Å²) in [6.45, 7) is 1.47. The van der Waals surface area contributed by atoms with Crippen molar-refractivity contribution in [2.45, 2.75) is 18.4 Å². The molecule has 2 aromatic carbocycles. The van der Waals surface area contributed by atoms with E-state index in [9.17, 15) is 13.2 Å². The largest absolute Gasteiger partial charge is 0.495 e. The molecular weight excluding hydrogens is 364 g/mol. The minimum Gasteiger partial charge on any atom is -0.495 e. The lowest BCUT2D eigenvalue weighted by Crippen LogP contribution is -2.26. The Morgan fingerprint density at radius 1 is 1.24 bits per heavy atom. The molecule has 0 saturated carbocycles. The SMILES string of the molecule is COc1ccc(S(=O)(=O)N(C)Cc2ccccc2Cl)cc1NC(C)=O. The average molecular weight is 383 g/mol. The Labute approximate surface area is 152 Å². The van der Waals surface area contributed by atoms with Crippen LogP contribution in [0.4, 0.5) is 5.69 Å². The second-order valence-electron chi connectivity index (χ2n) is 5.40. The van der Waals surface area contributed by atoms with Gasteiger partial charge in [0.05, 0.1) is 17.7 Å². The summed E-state index contributed by atoms with van der Waals surface area (Å²) in [6.07, 6.45) is 0. The zero-order chi connectivity index (χ0) is 18.6. The number of rotatable bonds is 6. The Kier molecular flexibility index (Phi) is 6.05. The normalized spacial score (nSPS) is 11.4. The second-order valence-corrected chi connectivity index (χ2v) is 7.85. The van der Waals surface area contributed by atoms with Crippen molar-refractivity contribution in [1.82, 2.24) is 4.31 Å². The number of ether oxygens (including phenoxy) is 1. The van der Waals surface area contributed by atoms with E-state index in [0.29, 0.717) is 22.0 Å². The number of carbonyl (C=O) groups is 1. The molecule has 1 N–H and O–H groups in total. The van der Waals surface area contributed by atoms with Crippen molar-refractivity contribution in [3.63, 3.8) is 0 Å². The molecular formula is C17H19ClN2O4S. The van der Waals surface area contributed by atoms with Crippen LogP contribution in [0.25, 0.3) is 0 Å². The van der Waals surface area contributed by atoms with E-state index in [0.717, 1.165) is 0 Å². The van der Waals surface area contributed by atoms with Gasteiger partial charge in [-0.1, -0.05) is 29.8 Å². The zero-order valence-electron chi connectivity index (χ0n) is 14.1. The number of methoxy groups -OCH3 is 1. The summed E-state index contributed by atoms with van der Waals surface area (Å²) in [5, 5.41) is 3.06. The van der Waals surface area contributed by atoms with Crippen molar-refractivity contribution < 1.29 is 17.9 Å². The third-order valence-corrected chi connectivity index (χ3v) is 5.71. The van der Waals surface area contributed by atoms with Gasteiger partial charge in [-0.25, -0.2) is 8.42 Å². The molecule has 0 bridgehead atoms. The fraction of sp³-hybridized carbons (Fsp3) is 0.235. The van der Waals surface area contributed by atoms with E-state index in [-0.39, 0.29) is 17.3 Å². The molecule has 0 radical (unpaired) electrons. The highest BCUT2D eigenvalue weighted by Crippen LogP contribution is 2.29. The van der Waals surface area contributed by atoms with Crippen LogP contribution in [0.1, 0.15) is 12.5 Å². The zero-order valence-corrected chi connectivity index (χ0v) is 15.7. The van der Waals surface area contributed by atoms with E-state index in [4.69, 9.17) is 16.3 Å². The fourth-order valence-corrected chi connectivity index (χ4v) is 3.64. The number of carbonyl (C=O) groups excluding carboxylic acids is 1. The van der Waals surface area contributed by atoms with Crippen LogP contribution < -0.4 is 10.1 Å². The van der Waals surface area contributed by atoms with E-state index in [1.165, 1.54) is 43.6 Å². The minimum absolute atomic E-state index is 0.0478. The Morgan fingerprint density at radius 3 is 2.52 bits per heavy atom. The number of nitrogens with one attached hydrogen (secondary N) is 1. The first-order chi connectivity index (χ1) is 11.8. The number of hydrogen-bond acceptors (Lipinski definition) is 4. The fourth-order valence-electron chi connectivity index (χ4n) is 2.27. The number of benzene rings is 2. The molecule has 0 heterocycles. The average Bonchev–Trinajstić information content (AvgIpc) is 2.56. The maximum Gasteiger partial charge on any atom is 0.243 e. The maximum absolute atomic E-state index is 12.8. The Bertz CT molecular complexity index is 884. The van der Waals surface area contributed by atoms with Gasteiger partial charge >= 0.3 is 0 Å². The van der Waals surface area contributed by atoms with Gasteiger partial charge in [0.2, 0.25) is 15.9 Å². The van der Waals surface area contributed by atoms with Crippen LogP contribution in [0.2, 0.25) is 5.02 Å². The van der Waals surface area contributed by atoms with Crippen LogP contribution >= 0.6 is 11.6 Å². The molecule has 25 heavy (non-hydrogen) atoms. The van der Waals surface area contributed by atoms with Crippen molar-refractivity contribution in [3.05, 3.63) is 53.1 Å². The Morgan fingerprint density at radius 2 is 1.92 bits per heavy atom. The van der Waals surface area contributed by atoms with E-state index < -0.39 is 10.0 Å². The van der Waals surface area contributed by atoms with Crippen LogP contribution in [0.15, 0.2) is 47.4 Å². The highest BCUT2D eigenvalue weighted by atomic mass is 35.5. The molecule has 134 valence electrons. The molecule has 0 aliphatic carbocycles. The van der Waals surface area contributed by atoms with Gasteiger partial charge in [0, 0.05) is 25.5 Å². The van der Waals surface area contributed by atoms with Gasteiger partial charge in [-0.3, -0.25) is 4.79 Å². The third kappa shape index (κ3) is 4.50. The van der Waals surface area contributed by atoms with Gasteiger partial charge in [0.25, 0.3) is 0 Å². The maximum atomic E-state index is 12.8. The summed E-state index contributed by atoms with van der Waals surface area (Å²) >= 11 is 6.10. The van der Waals surface area contributed by atoms with E-state index >= 15 is 0 Å². The van der Waals surface area contributed by atoms with Gasteiger partial charge in [0.15, 0.2) is 0 Å². The standard InChI is InChI=1S/C17H19ClN2O4S/c1-12(21)19-16-10-14(8-9-17(16)24-3)25(22,23)20(2)11-13-6-4-5-7-15(13)18/h4-10H,11H2,1-3H3,(H,19,21). The summed E-state index contributed by atoms with van der Waals surface area (Å²) in [5.74, 6) is 0.0557. The molecule has 1 amide bonds. The topological polar surface area (TPSA) is 75.7 Å². The number of halogens is 1. The van der Waals surface area contributed by atoms with Crippen LogP contribution in [0.3, 0.4) is 0 Å². The van der Waals surface area contributed by atoms with Crippen molar-refractivity contribution in [1.29, 1.82) is 0 Å². The van der Waals surface area contributed by atoms with Gasteiger partial charge in [-0.15, -0.1) is 0 Å². The molecule has 0 saturated heterocycles. The first-order valence-corrected chi connectivity index (χ1v) is 9.23. The van der Waals surface area contributed by atoms with Crippen LogP contribution in [-0.4, -0.2) is 32.8 Å². The lowest BCUT2D eigenvalue weighted by Gasteiger charge is -2.19. The molecule has 8 heteroatoms. The van der Waals surface area contributed by atoms with E-state index in [1.54, 1.807) is 24.3 Å². The van der Waals surface area contributed by atoms with E-state index in [1.807, 2.05) is 0 Å². The van der Waals surface area contributed by atoms with Crippen LogP contribution in [-0.2, 0) is 21.4 Å². The summed E-state index contributed by atoms with van der Waals surface area (Å²) in [5.41, 5.74) is 0.994. The predicted octanol–water partition coefficient (Wildman–Crippen LogP) is 3.13. The van der Waals surface area contributed by atoms with Gasteiger partial charge in [-0.2, -0.15) is 4.31 Å². The van der Waals surface area contributed by atoms with Gasteiger partial charge in [0.1, 0.15) is 5.75 Å². The smallest absolute Gasteiger partial charge is 0.243 e. The molecule has 0 spiro atoms. The van der Waals surface area contributed by atoms with E-state index in [2.05, 4.69) is 5.32 Å². The summed E-state index contributed by atoms with van der Waals surface area (Å²) in [4.78, 5) is 11.4. The molecule has 0 aliphatic heterocycles. The van der Waals surface area contributed by atoms with Gasteiger partial charge < -0.3 is 10.1 Å². The molecule has 6 nitrogen and oxygen atoms in total. The monoisotopic (exact) mass is 382 g/mol. The highest BCUT2D eigenvalue weighted by Gasteiger charge is 2.23. The molecule has 0 unspecified atom stereocenters. The van der Waals surface area contributed by atoms with Crippen LogP contribution in [0.5, 0.6) is 5.75 Å². The lowest BCUT2D eigenvalue weighted by atomic mass is 10.2. The Hall–Kier alpha value is -2.09. The molecule has 2 aromatic rings. The first-order valence-electron chi connectivity index (χ1n) is 7.41. The molecule has 0 aliphatic rings. The summed E-state index contributed by atoms with van der Waals surface area (Å²) in [6, 6.07) is 11.4. The number of amides is 1. The number of nitrogens with zero attached hydrogens (tertiary/aromatic N) is 1. The van der Waals surface area contributed by atoms with Crippen molar-refractivity contribution >= 4 is 33.2 Å². The van der Waals surface area contributed by atoms with Crippen molar-refractivity contribution in [2.75, 3.05) is 19.5 Å². The molecule has 0 aromatic heterocycles. The van der Waals surface area contributed by atoms with Crippen molar-refractivity contribution in [3.8, 4) is 5.75 Å². The predicted molar refractivity (Wildman–Crippen MR) is 97.4 cm³/mol. The third-order valence-electron chi connectivity index (χ3n) is 3.54. The van der Waals surface area contributed by atoms with Crippen molar-refractivity contribution in [2.24, 2.45) is 0 Å².